The van der Waals surface area contributed by atoms with Crippen LogP contribution in [0.4, 0.5) is 0 Å². The maximum atomic E-state index is 12.2. The average molecular weight is 289 g/mol. The molecule has 0 saturated heterocycles. The van der Waals surface area contributed by atoms with E-state index in [0.717, 1.165) is 38.5 Å². The second kappa shape index (κ2) is 6.22. The number of nitrogens with one attached hydrogen (secondary N) is 1. The topological polar surface area (TPSA) is 72.5 Å². The number of carbonyl (C=O) groups excluding carboxylic acids is 1. The molecule has 0 heterocycles. The van der Waals surface area contributed by atoms with Crippen molar-refractivity contribution in [2.75, 3.05) is 7.11 Å². The molecule has 0 aliphatic heterocycles. The molecular weight excluding hydrogens is 266 g/mol. The van der Waals surface area contributed by atoms with Crippen molar-refractivity contribution in [3.8, 4) is 0 Å². The van der Waals surface area contributed by atoms with Gasteiger partial charge in [0.1, 0.15) is 0 Å². The van der Waals surface area contributed by atoms with Crippen LogP contribution < -0.4 is 4.72 Å². The predicted octanol–water partition coefficient (Wildman–Crippen LogP) is 1.58. The van der Waals surface area contributed by atoms with Crippen LogP contribution in [0.3, 0.4) is 0 Å². The third-order valence-corrected chi connectivity index (χ3v) is 6.34. The fourth-order valence-electron chi connectivity index (χ4n) is 3.14. The van der Waals surface area contributed by atoms with Gasteiger partial charge in [-0.3, -0.25) is 4.79 Å². The first-order valence-electron chi connectivity index (χ1n) is 7.12. The van der Waals surface area contributed by atoms with E-state index in [0.29, 0.717) is 12.8 Å². The lowest BCUT2D eigenvalue weighted by atomic mass is 9.86. The van der Waals surface area contributed by atoms with Crippen molar-refractivity contribution in [2.45, 2.75) is 62.7 Å². The summed E-state index contributed by atoms with van der Waals surface area (Å²) in [5.74, 6) is -0.227. The monoisotopic (exact) mass is 289 g/mol. The van der Waals surface area contributed by atoms with Gasteiger partial charge in [0.05, 0.1) is 18.3 Å². The molecule has 0 unspecified atom stereocenters. The maximum Gasteiger partial charge on any atom is 0.308 e. The number of esters is 1. The number of methoxy groups -OCH3 is 1. The third kappa shape index (κ3) is 3.69. The van der Waals surface area contributed by atoms with Crippen LogP contribution in [0, 0.1) is 5.92 Å². The highest BCUT2D eigenvalue weighted by molar-refractivity contribution is 7.90. The molecule has 0 atom stereocenters. The van der Waals surface area contributed by atoms with E-state index in [1.807, 2.05) is 0 Å². The van der Waals surface area contributed by atoms with Crippen LogP contribution >= 0.6 is 0 Å². The molecule has 0 amide bonds. The Kier molecular flexibility index (Phi) is 4.84. The van der Waals surface area contributed by atoms with Crippen molar-refractivity contribution in [3.05, 3.63) is 0 Å². The summed E-state index contributed by atoms with van der Waals surface area (Å²) in [6, 6.07) is -0.00786. The number of sulfonamides is 1. The highest BCUT2D eigenvalue weighted by Crippen LogP contribution is 2.28. The van der Waals surface area contributed by atoms with Crippen molar-refractivity contribution < 1.29 is 17.9 Å². The molecule has 6 heteroatoms. The normalized spacial score (nSPS) is 29.3. The summed E-state index contributed by atoms with van der Waals surface area (Å²) in [4.78, 5) is 11.4. The van der Waals surface area contributed by atoms with E-state index in [1.165, 1.54) is 7.11 Å². The Hall–Kier alpha value is -0.620. The number of carbonyl (C=O) groups is 1. The summed E-state index contributed by atoms with van der Waals surface area (Å²) in [7, 11) is -1.77. The van der Waals surface area contributed by atoms with Crippen molar-refractivity contribution in [1.82, 2.24) is 4.72 Å². The van der Waals surface area contributed by atoms with Gasteiger partial charge in [-0.15, -0.1) is 0 Å². The molecule has 2 fully saturated rings. The molecule has 0 aromatic carbocycles. The first-order valence-corrected chi connectivity index (χ1v) is 8.66. The van der Waals surface area contributed by atoms with Gasteiger partial charge in [-0.25, -0.2) is 13.1 Å². The van der Waals surface area contributed by atoms with E-state index in [2.05, 4.69) is 4.72 Å². The second-order valence-electron chi connectivity index (χ2n) is 5.64. The van der Waals surface area contributed by atoms with Crippen molar-refractivity contribution in [1.29, 1.82) is 0 Å². The van der Waals surface area contributed by atoms with E-state index in [1.54, 1.807) is 0 Å². The van der Waals surface area contributed by atoms with E-state index >= 15 is 0 Å². The predicted molar refractivity (Wildman–Crippen MR) is 72.1 cm³/mol. The lowest BCUT2D eigenvalue weighted by Gasteiger charge is -2.28. The molecule has 110 valence electrons. The van der Waals surface area contributed by atoms with Crippen molar-refractivity contribution in [2.24, 2.45) is 5.92 Å². The van der Waals surface area contributed by atoms with Gasteiger partial charge in [0.15, 0.2) is 0 Å². The van der Waals surface area contributed by atoms with Crippen LogP contribution in [0.1, 0.15) is 51.4 Å². The fraction of sp³-hybridized carbons (Fsp3) is 0.923. The van der Waals surface area contributed by atoms with Crippen LogP contribution in [-0.4, -0.2) is 32.8 Å². The Labute approximate surface area is 115 Å². The minimum Gasteiger partial charge on any atom is -0.469 e. The SMILES string of the molecule is COC(=O)C1CCC(NS(=O)(=O)C2CCCC2)CC1. The van der Waals surface area contributed by atoms with Gasteiger partial charge in [-0.1, -0.05) is 12.8 Å². The largest absolute Gasteiger partial charge is 0.469 e. The van der Waals surface area contributed by atoms with E-state index in [-0.39, 0.29) is 23.2 Å². The summed E-state index contributed by atoms with van der Waals surface area (Å²) < 4.78 is 31.9. The molecule has 19 heavy (non-hydrogen) atoms. The number of hydrogen-bond acceptors (Lipinski definition) is 4. The number of ether oxygens (including phenoxy) is 1. The Balaban J connectivity index is 1.83. The lowest BCUT2D eigenvalue weighted by Crippen LogP contribution is -2.42. The number of rotatable bonds is 4. The first kappa shape index (κ1) is 14.8. The average Bonchev–Trinajstić information content (AvgIpc) is 2.93. The van der Waals surface area contributed by atoms with Gasteiger partial charge in [-0.2, -0.15) is 0 Å². The zero-order chi connectivity index (χ0) is 13.9. The maximum absolute atomic E-state index is 12.2. The first-order chi connectivity index (χ1) is 9.03. The zero-order valence-corrected chi connectivity index (χ0v) is 12.2. The number of hydrogen-bond donors (Lipinski definition) is 1. The Morgan fingerprint density at radius 3 is 2.16 bits per heavy atom. The summed E-state index contributed by atoms with van der Waals surface area (Å²) in [6.07, 6.45) is 6.48. The van der Waals surface area contributed by atoms with Crippen LogP contribution in [-0.2, 0) is 19.6 Å². The van der Waals surface area contributed by atoms with Gasteiger partial charge < -0.3 is 4.74 Å². The Morgan fingerprint density at radius 2 is 1.63 bits per heavy atom. The highest BCUT2D eigenvalue weighted by atomic mass is 32.2. The molecule has 1 N–H and O–H groups in total. The second-order valence-corrected chi connectivity index (χ2v) is 7.63. The molecule has 0 aromatic heterocycles. The van der Waals surface area contributed by atoms with Crippen LogP contribution in [0.2, 0.25) is 0 Å². The van der Waals surface area contributed by atoms with E-state index < -0.39 is 10.0 Å². The van der Waals surface area contributed by atoms with Crippen molar-refractivity contribution in [3.63, 3.8) is 0 Å². The van der Waals surface area contributed by atoms with Crippen molar-refractivity contribution >= 4 is 16.0 Å². The van der Waals surface area contributed by atoms with Gasteiger partial charge in [0.25, 0.3) is 0 Å². The Bertz CT molecular complexity index is 406. The zero-order valence-electron chi connectivity index (χ0n) is 11.4. The molecule has 0 radical (unpaired) electrons. The lowest BCUT2D eigenvalue weighted by molar-refractivity contribution is -0.146. The van der Waals surface area contributed by atoms with Gasteiger partial charge in [0, 0.05) is 6.04 Å². The van der Waals surface area contributed by atoms with E-state index in [9.17, 15) is 13.2 Å². The van der Waals surface area contributed by atoms with Gasteiger partial charge in [0.2, 0.25) is 10.0 Å². The molecule has 5 nitrogen and oxygen atoms in total. The fourth-order valence-corrected chi connectivity index (χ4v) is 4.99. The quantitative estimate of drug-likeness (QED) is 0.798. The summed E-state index contributed by atoms with van der Waals surface area (Å²) in [6.45, 7) is 0. The molecule has 2 saturated carbocycles. The molecule has 2 aliphatic carbocycles. The minimum absolute atomic E-state index is 0.00786. The standard InChI is InChI=1S/C13H23NO4S/c1-18-13(15)10-6-8-11(9-7-10)14-19(16,17)12-4-2-3-5-12/h10-12,14H,2-9H2,1H3. The third-order valence-electron chi connectivity index (χ3n) is 4.33. The molecule has 0 spiro atoms. The molecule has 2 aliphatic rings. The van der Waals surface area contributed by atoms with Crippen LogP contribution in [0.25, 0.3) is 0 Å². The van der Waals surface area contributed by atoms with Gasteiger partial charge >= 0.3 is 5.97 Å². The molecular formula is C13H23NO4S. The highest BCUT2D eigenvalue weighted by Gasteiger charge is 2.33. The molecule has 0 aromatic rings. The summed E-state index contributed by atoms with van der Waals surface area (Å²) in [5.41, 5.74) is 0. The van der Waals surface area contributed by atoms with Crippen LogP contribution in [0.15, 0.2) is 0 Å². The smallest absolute Gasteiger partial charge is 0.308 e. The van der Waals surface area contributed by atoms with Gasteiger partial charge in [-0.05, 0) is 38.5 Å². The summed E-state index contributed by atoms with van der Waals surface area (Å²) in [5, 5.41) is -0.203. The Morgan fingerprint density at radius 1 is 1.05 bits per heavy atom. The summed E-state index contributed by atoms with van der Waals surface area (Å²) >= 11 is 0. The minimum atomic E-state index is -3.17. The molecule has 0 bridgehead atoms. The van der Waals surface area contributed by atoms with E-state index in [4.69, 9.17) is 4.74 Å². The van der Waals surface area contributed by atoms with Crippen LogP contribution in [0.5, 0.6) is 0 Å². The molecule has 2 rings (SSSR count).